The Hall–Kier alpha value is -1.95. The van der Waals surface area contributed by atoms with Crippen LogP contribution in [0.25, 0.3) is 0 Å². The van der Waals surface area contributed by atoms with Crippen molar-refractivity contribution in [2.45, 2.75) is 52.7 Å². The van der Waals surface area contributed by atoms with Crippen molar-refractivity contribution in [1.82, 2.24) is 0 Å². The van der Waals surface area contributed by atoms with E-state index < -0.39 is 20.3 Å². The Morgan fingerprint density at radius 3 is 1.83 bits per heavy atom. The van der Waals surface area contributed by atoms with Gasteiger partial charge >= 0.3 is 5.97 Å². The van der Waals surface area contributed by atoms with Gasteiger partial charge in [0, 0.05) is 12.5 Å². The van der Waals surface area contributed by atoms with Crippen LogP contribution in [0.4, 0.5) is 0 Å². The molecule has 5 heteroatoms. The molecule has 0 fully saturated rings. The van der Waals surface area contributed by atoms with Crippen LogP contribution in [0.1, 0.15) is 41.5 Å². The van der Waals surface area contributed by atoms with E-state index >= 15 is 0 Å². The van der Waals surface area contributed by atoms with Gasteiger partial charge in [0.2, 0.25) is 0 Å². The van der Waals surface area contributed by atoms with Crippen LogP contribution in [0.5, 0.6) is 0 Å². The number of carbonyl (C=O) groups is 1. The number of ether oxygens (including phenoxy) is 1. The maximum atomic E-state index is 12.1. The number of rotatable bonds is 9. The highest BCUT2D eigenvalue weighted by Crippen LogP contribution is 2.37. The fraction of sp³-hybridized carbons (Fsp3) is 0.480. The zero-order valence-corrected chi connectivity index (χ0v) is 20.1. The van der Waals surface area contributed by atoms with Gasteiger partial charge < -0.3 is 14.3 Å². The van der Waals surface area contributed by atoms with Crippen LogP contribution in [0.2, 0.25) is 5.04 Å². The zero-order chi connectivity index (χ0) is 22.4. The molecule has 0 radical (unpaired) electrons. The lowest BCUT2D eigenvalue weighted by molar-refractivity contribution is -0.152. The van der Waals surface area contributed by atoms with Crippen LogP contribution in [0, 0.1) is 11.8 Å². The second-order valence-electron chi connectivity index (χ2n) is 8.98. The predicted molar refractivity (Wildman–Crippen MR) is 125 cm³/mol. The molecule has 0 heterocycles. The molecule has 0 unspecified atom stereocenters. The first-order valence-electron chi connectivity index (χ1n) is 10.7. The van der Waals surface area contributed by atoms with Crippen molar-refractivity contribution in [3.63, 3.8) is 0 Å². The molecular formula is C25H36O4Si. The van der Waals surface area contributed by atoms with Gasteiger partial charge in [-0.1, -0.05) is 88.4 Å². The van der Waals surface area contributed by atoms with Gasteiger partial charge in [-0.2, -0.15) is 0 Å². The Balaban J connectivity index is 2.38. The summed E-state index contributed by atoms with van der Waals surface area (Å²) in [7, 11) is -2.66. The fourth-order valence-electron chi connectivity index (χ4n) is 4.02. The first-order valence-corrected chi connectivity index (χ1v) is 12.7. The summed E-state index contributed by atoms with van der Waals surface area (Å²) in [6, 6.07) is 20.8. The van der Waals surface area contributed by atoms with Crippen molar-refractivity contribution in [2.24, 2.45) is 11.8 Å². The Morgan fingerprint density at radius 1 is 0.967 bits per heavy atom. The number of aliphatic hydroxyl groups is 1. The number of benzene rings is 2. The number of hydrogen-bond donors (Lipinski definition) is 1. The molecule has 0 aliphatic heterocycles. The standard InChI is InChI=1S/C25H36O4Si/c1-7-28-24(27)20(3)23(26)19(2)18-29-30(25(4,5)6,21-14-10-8-11-15-21)22-16-12-9-13-17-22/h8-17,19-20,23,26H,7,18H2,1-6H3/t19-,20+,23+/m0/s1. The predicted octanol–water partition coefficient (Wildman–Crippen LogP) is 3.76. The molecule has 0 saturated carbocycles. The van der Waals surface area contributed by atoms with Gasteiger partial charge in [0.1, 0.15) is 0 Å². The van der Waals surface area contributed by atoms with E-state index in [4.69, 9.17) is 9.16 Å². The van der Waals surface area contributed by atoms with Crippen LogP contribution in [-0.4, -0.2) is 38.7 Å². The summed E-state index contributed by atoms with van der Waals surface area (Å²) in [5, 5.41) is 13.0. The SMILES string of the molecule is CCOC(=O)[C@H](C)[C@H](O)[C@@H](C)CO[Si](c1ccccc1)(c1ccccc1)C(C)(C)C. The summed E-state index contributed by atoms with van der Waals surface area (Å²) in [5.74, 6) is -1.18. The van der Waals surface area contributed by atoms with Crippen LogP contribution < -0.4 is 10.4 Å². The summed E-state index contributed by atoms with van der Waals surface area (Å²) in [6.07, 6.45) is -0.831. The van der Waals surface area contributed by atoms with Gasteiger partial charge in [-0.05, 0) is 29.3 Å². The van der Waals surface area contributed by atoms with E-state index in [9.17, 15) is 9.90 Å². The number of carbonyl (C=O) groups excluding carboxylic acids is 1. The van der Waals surface area contributed by atoms with Gasteiger partial charge in [0.15, 0.2) is 0 Å². The van der Waals surface area contributed by atoms with E-state index in [1.54, 1.807) is 13.8 Å². The molecule has 0 aliphatic carbocycles. The maximum Gasteiger partial charge on any atom is 0.311 e. The van der Waals surface area contributed by atoms with E-state index in [1.807, 2.05) is 19.1 Å². The first kappa shape index (κ1) is 24.3. The highest BCUT2D eigenvalue weighted by molar-refractivity contribution is 6.99. The third-order valence-corrected chi connectivity index (χ3v) is 10.7. The molecule has 1 N–H and O–H groups in total. The fourth-order valence-corrected chi connectivity index (χ4v) is 8.69. The van der Waals surface area contributed by atoms with Crippen LogP contribution in [-0.2, 0) is 14.0 Å². The second-order valence-corrected chi connectivity index (χ2v) is 13.3. The van der Waals surface area contributed by atoms with Crippen molar-refractivity contribution >= 4 is 24.7 Å². The van der Waals surface area contributed by atoms with Crippen molar-refractivity contribution in [2.75, 3.05) is 13.2 Å². The normalized spacial score (nSPS) is 15.3. The van der Waals surface area contributed by atoms with E-state index in [-0.39, 0.29) is 16.9 Å². The minimum atomic E-state index is -2.66. The first-order chi connectivity index (χ1) is 14.1. The largest absolute Gasteiger partial charge is 0.466 e. The smallest absolute Gasteiger partial charge is 0.311 e. The van der Waals surface area contributed by atoms with Crippen molar-refractivity contribution in [3.05, 3.63) is 60.7 Å². The van der Waals surface area contributed by atoms with Gasteiger partial charge in [-0.25, -0.2) is 0 Å². The highest BCUT2D eigenvalue weighted by Gasteiger charge is 2.50. The molecule has 0 bridgehead atoms. The highest BCUT2D eigenvalue weighted by atomic mass is 28.4. The lowest BCUT2D eigenvalue weighted by atomic mass is 9.94. The Labute approximate surface area is 182 Å². The van der Waals surface area contributed by atoms with Crippen molar-refractivity contribution in [3.8, 4) is 0 Å². The summed E-state index contributed by atoms with van der Waals surface area (Å²) in [4.78, 5) is 12.1. The molecule has 2 aromatic rings. The Bertz CT molecular complexity index is 746. The van der Waals surface area contributed by atoms with E-state index in [0.717, 1.165) is 0 Å². The monoisotopic (exact) mass is 428 g/mol. The minimum Gasteiger partial charge on any atom is -0.466 e. The van der Waals surface area contributed by atoms with Crippen molar-refractivity contribution < 1.29 is 19.1 Å². The number of esters is 1. The molecule has 2 rings (SSSR count). The number of aliphatic hydroxyl groups excluding tert-OH is 1. The summed E-state index contributed by atoms with van der Waals surface area (Å²) < 4.78 is 11.9. The summed E-state index contributed by atoms with van der Waals surface area (Å²) in [5.41, 5.74) is 0. The van der Waals surface area contributed by atoms with E-state index in [0.29, 0.717) is 13.2 Å². The second kappa shape index (κ2) is 10.4. The topological polar surface area (TPSA) is 55.8 Å². The van der Waals surface area contributed by atoms with Gasteiger partial charge in [0.25, 0.3) is 8.32 Å². The minimum absolute atomic E-state index is 0.132. The zero-order valence-electron chi connectivity index (χ0n) is 19.1. The lowest BCUT2D eigenvalue weighted by Crippen LogP contribution is -2.67. The average molecular weight is 429 g/mol. The van der Waals surface area contributed by atoms with Crippen LogP contribution in [0.15, 0.2) is 60.7 Å². The van der Waals surface area contributed by atoms with Crippen LogP contribution >= 0.6 is 0 Å². The van der Waals surface area contributed by atoms with Gasteiger partial charge in [-0.15, -0.1) is 0 Å². The molecule has 30 heavy (non-hydrogen) atoms. The lowest BCUT2D eigenvalue weighted by Gasteiger charge is -2.44. The molecule has 164 valence electrons. The van der Waals surface area contributed by atoms with Crippen molar-refractivity contribution in [1.29, 1.82) is 0 Å². The average Bonchev–Trinajstić information content (AvgIpc) is 2.73. The number of hydrogen-bond acceptors (Lipinski definition) is 4. The van der Waals surface area contributed by atoms with Gasteiger partial charge in [-0.3, -0.25) is 4.79 Å². The Morgan fingerprint density at radius 2 is 1.43 bits per heavy atom. The quantitative estimate of drug-likeness (QED) is 0.488. The third-order valence-electron chi connectivity index (χ3n) is 5.73. The Kier molecular flexibility index (Phi) is 8.41. The molecule has 0 aromatic heterocycles. The molecule has 0 spiro atoms. The maximum absolute atomic E-state index is 12.1. The molecule has 2 aromatic carbocycles. The molecular weight excluding hydrogens is 392 g/mol. The summed E-state index contributed by atoms with van der Waals surface area (Å²) >= 11 is 0. The van der Waals surface area contributed by atoms with Gasteiger partial charge in [0.05, 0.1) is 18.6 Å². The molecule has 0 saturated heterocycles. The third kappa shape index (κ3) is 5.20. The van der Waals surface area contributed by atoms with E-state index in [1.165, 1.54) is 10.4 Å². The summed E-state index contributed by atoms with van der Waals surface area (Å²) in [6.45, 7) is 12.7. The molecule has 4 nitrogen and oxygen atoms in total. The molecule has 3 atom stereocenters. The van der Waals surface area contributed by atoms with Crippen LogP contribution in [0.3, 0.4) is 0 Å². The molecule has 0 aliphatic rings. The molecule has 0 amide bonds. The van der Waals surface area contributed by atoms with E-state index in [2.05, 4.69) is 69.3 Å².